The summed E-state index contributed by atoms with van der Waals surface area (Å²) in [6, 6.07) is 11.2. The molecule has 0 aliphatic rings. The van der Waals surface area contributed by atoms with Crippen molar-refractivity contribution in [2.45, 2.75) is 6.54 Å². The van der Waals surface area contributed by atoms with Crippen LogP contribution in [0.3, 0.4) is 0 Å². The lowest BCUT2D eigenvalue weighted by Gasteiger charge is -2.08. The number of hydrogen-bond donors (Lipinski definition) is 1. The molecule has 4 heteroatoms. The molecule has 2 aromatic rings. The van der Waals surface area contributed by atoms with E-state index in [4.69, 9.17) is 22.1 Å². The van der Waals surface area contributed by atoms with E-state index in [-0.39, 0.29) is 5.82 Å². The lowest BCUT2D eigenvalue weighted by molar-refractivity contribution is 0.477. The summed E-state index contributed by atoms with van der Waals surface area (Å²) in [7, 11) is 0. The molecule has 0 saturated heterocycles. The van der Waals surface area contributed by atoms with Gasteiger partial charge in [-0.2, -0.15) is 0 Å². The van der Waals surface area contributed by atoms with Gasteiger partial charge in [0.25, 0.3) is 0 Å². The minimum Gasteiger partial charge on any atom is -0.456 e. The molecular weight excluding hydrogens is 241 g/mol. The third-order valence-corrected chi connectivity index (χ3v) is 2.55. The first kappa shape index (κ1) is 11.9. The van der Waals surface area contributed by atoms with E-state index in [1.165, 1.54) is 12.1 Å². The Morgan fingerprint density at radius 3 is 2.65 bits per heavy atom. The molecule has 0 aromatic heterocycles. The summed E-state index contributed by atoms with van der Waals surface area (Å²) in [5, 5.41) is 0.456. The Kier molecular flexibility index (Phi) is 3.61. The van der Waals surface area contributed by atoms with E-state index in [1.807, 2.05) is 6.07 Å². The first-order valence-corrected chi connectivity index (χ1v) is 5.49. The second-order valence-electron chi connectivity index (χ2n) is 3.53. The molecule has 0 saturated carbocycles. The quantitative estimate of drug-likeness (QED) is 0.902. The van der Waals surface area contributed by atoms with Gasteiger partial charge in [-0.1, -0.05) is 23.7 Å². The zero-order chi connectivity index (χ0) is 12.3. The summed E-state index contributed by atoms with van der Waals surface area (Å²) in [6.45, 7) is 0.417. The molecular formula is C13H11ClFNO. The van der Waals surface area contributed by atoms with Crippen LogP contribution >= 0.6 is 11.6 Å². The van der Waals surface area contributed by atoms with Crippen molar-refractivity contribution < 1.29 is 9.13 Å². The average Bonchev–Trinajstić information content (AvgIpc) is 2.32. The van der Waals surface area contributed by atoms with Crippen LogP contribution in [0.15, 0.2) is 42.5 Å². The number of nitrogens with two attached hydrogens (primary N) is 1. The largest absolute Gasteiger partial charge is 0.456 e. The minimum atomic E-state index is -0.350. The van der Waals surface area contributed by atoms with Crippen LogP contribution in [0.5, 0.6) is 11.5 Å². The fraction of sp³-hybridized carbons (Fsp3) is 0.0769. The van der Waals surface area contributed by atoms with E-state index in [0.29, 0.717) is 23.1 Å². The molecule has 0 amide bonds. The first-order chi connectivity index (χ1) is 8.19. The van der Waals surface area contributed by atoms with Crippen LogP contribution in [-0.4, -0.2) is 0 Å². The highest BCUT2D eigenvalue weighted by Crippen LogP contribution is 2.30. The van der Waals surface area contributed by atoms with E-state index in [1.54, 1.807) is 24.3 Å². The lowest BCUT2D eigenvalue weighted by Crippen LogP contribution is -1.96. The van der Waals surface area contributed by atoms with Gasteiger partial charge in [-0.25, -0.2) is 4.39 Å². The maximum atomic E-state index is 13.0. The van der Waals surface area contributed by atoms with Gasteiger partial charge in [0.05, 0.1) is 5.02 Å². The van der Waals surface area contributed by atoms with Crippen LogP contribution in [0.4, 0.5) is 4.39 Å². The molecule has 2 nitrogen and oxygen atoms in total. The fourth-order valence-corrected chi connectivity index (χ4v) is 1.65. The SMILES string of the molecule is NCc1ccc(Oc2cccc(F)c2)c(Cl)c1. The van der Waals surface area contributed by atoms with Gasteiger partial charge in [-0.15, -0.1) is 0 Å². The molecule has 17 heavy (non-hydrogen) atoms. The Hall–Kier alpha value is -1.58. The van der Waals surface area contributed by atoms with Crippen molar-refractivity contribution >= 4 is 11.6 Å². The zero-order valence-corrected chi connectivity index (χ0v) is 9.75. The summed E-state index contributed by atoms with van der Waals surface area (Å²) >= 11 is 6.02. The van der Waals surface area contributed by atoms with Gasteiger partial charge >= 0.3 is 0 Å². The summed E-state index contributed by atoms with van der Waals surface area (Å²) in [4.78, 5) is 0. The Balaban J connectivity index is 2.24. The van der Waals surface area contributed by atoms with Crippen LogP contribution in [-0.2, 0) is 6.54 Å². The molecule has 0 fully saturated rings. The van der Waals surface area contributed by atoms with E-state index in [9.17, 15) is 4.39 Å². The molecule has 0 bridgehead atoms. The second-order valence-corrected chi connectivity index (χ2v) is 3.94. The third kappa shape index (κ3) is 2.96. The highest BCUT2D eigenvalue weighted by Gasteiger charge is 2.04. The summed E-state index contributed by atoms with van der Waals surface area (Å²) in [6.07, 6.45) is 0. The number of halogens is 2. The van der Waals surface area contributed by atoms with Crippen molar-refractivity contribution in [1.82, 2.24) is 0 Å². The number of rotatable bonds is 3. The molecule has 2 aromatic carbocycles. The molecule has 0 unspecified atom stereocenters. The average molecular weight is 252 g/mol. The topological polar surface area (TPSA) is 35.2 Å². The van der Waals surface area contributed by atoms with Gasteiger partial charge in [-0.05, 0) is 29.8 Å². The molecule has 88 valence electrons. The van der Waals surface area contributed by atoms with Crippen molar-refractivity contribution in [3.8, 4) is 11.5 Å². The van der Waals surface area contributed by atoms with Gasteiger partial charge in [0, 0.05) is 12.6 Å². The Morgan fingerprint density at radius 1 is 1.18 bits per heavy atom. The molecule has 0 radical (unpaired) electrons. The van der Waals surface area contributed by atoms with Gasteiger partial charge in [0.1, 0.15) is 17.3 Å². The Morgan fingerprint density at radius 2 is 2.00 bits per heavy atom. The van der Waals surface area contributed by atoms with Gasteiger partial charge in [0.2, 0.25) is 0 Å². The molecule has 2 rings (SSSR count). The van der Waals surface area contributed by atoms with Crippen LogP contribution in [0, 0.1) is 5.82 Å². The van der Waals surface area contributed by atoms with Crippen LogP contribution < -0.4 is 10.5 Å². The van der Waals surface area contributed by atoms with Crippen molar-refractivity contribution in [2.24, 2.45) is 5.73 Å². The summed E-state index contributed by atoms with van der Waals surface area (Å²) in [5.41, 5.74) is 6.41. The molecule has 0 spiro atoms. The molecule has 0 heterocycles. The highest BCUT2D eigenvalue weighted by atomic mass is 35.5. The normalized spacial score (nSPS) is 10.3. The maximum absolute atomic E-state index is 13.0. The van der Waals surface area contributed by atoms with Crippen LogP contribution in [0.25, 0.3) is 0 Å². The van der Waals surface area contributed by atoms with E-state index in [2.05, 4.69) is 0 Å². The van der Waals surface area contributed by atoms with Gasteiger partial charge in [-0.3, -0.25) is 0 Å². The van der Waals surface area contributed by atoms with Crippen molar-refractivity contribution in [3.05, 3.63) is 58.9 Å². The van der Waals surface area contributed by atoms with Crippen LogP contribution in [0.1, 0.15) is 5.56 Å². The second kappa shape index (κ2) is 5.17. The summed E-state index contributed by atoms with van der Waals surface area (Å²) in [5.74, 6) is 0.541. The fourth-order valence-electron chi connectivity index (χ4n) is 1.41. The van der Waals surface area contributed by atoms with Crippen molar-refractivity contribution in [1.29, 1.82) is 0 Å². The maximum Gasteiger partial charge on any atom is 0.146 e. The number of benzene rings is 2. The minimum absolute atomic E-state index is 0.350. The van der Waals surface area contributed by atoms with Crippen molar-refractivity contribution in [2.75, 3.05) is 0 Å². The van der Waals surface area contributed by atoms with E-state index < -0.39 is 0 Å². The standard InChI is InChI=1S/C13H11ClFNO/c14-12-6-9(8-16)4-5-13(12)17-11-3-1-2-10(15)7-11/h1-7H,8,16H2. The predicted molar refractivity (Wildman–Crippen MR) is 65.8 cm³/mol. The molecule has 2 N–H and O–H groups in total. The van der Waals surface area contributed by atoms with Gasteiger partial charge in [0.15, 0.2) is 0 Å². The van der Waals surface area contributed by atoms with E-state index in [0.717, 1.165) is 5.56 Å². The first-order valence-electron chi connectivity index (χ1n) is 5.11. The highest BCUT2D eigenvalue weighted by molar-refractivity contribution is 6.32. The smallest absolute Gasteiger partial charge is 0.146 e. The molecule has 0 aliphatic carbocycles. The Bertz CT molecular complexity index is 531. The Labute approximate surface area is 104 Å². The van der Waals surface area contributed by atoms with Crippen molar-refractivity contribution in [3.63, 3.8) is 0 Å². The van der Waals surface area contributed by atoms with Gasteiger partial charge < -0.3 is 10.5 Å². The monoisotopic (exact) mass is 251 g/mol. The molecule has 0 atom stereocenters. The molecule has 0 aliphatic heterocycles. The van der Waals surface area contributed by atoms with Crippen LogP contribution in [0.2, 0.25) is 5.02 Å². The third-order valence-electron chi connectivity index (χ3n) is 2.26. The lowest BCUT2D eigenvalue weighted by atomic mass is 10.2. The zero-order valence-electron chi connectivity index (χ0n) is 8.99. The predicted octanol–water partition coefficient (Wildman–Crippen LogP) is 3.73. The number of ether oxygens (including phenoxy) is 1. The summed E-state index contributed by atoms with van der Waals surface area (Å²) < 4.78 is 18.4. The number of hydrogen-bond acceptors (Lipinski definition) is 2. The van der Waals surface area contributed by atoms with E-state index >= 15 is 0 Å².